The van der Waals surface area contributed by atoms with Gasteiger partial charge < -0.3 is 14.8 Å². The number of nitrogens with zero attached hydrogens (tertiary/aromatic N) is 3. The van der Waals surface area contributed by atoms with Gasteiger partial charge in [0.25, 0.3) is 11.5 Å². The fraction of sp³-hybridized carbons (Fsp3) is 0.600. The maximum Gasteiger partial charge on any atom is 0.266 e. The van der Waals surface area contributed by atoms with E-state index in [2.05, 4.69) is 4.98 Å². The van der Waals surface area contributed by atoms with Crippen LogP contribution in [0.1, 0.15) is 60.1 Å². The fourth-order valence-electron chi connectivity index (χ4n) is 4.58. The highest BCUT2D eigenvalue weighted by atomic mass is 16.2. The van der Waals surface area contributed by atoms with Crippen LogP contribution in [0.25, 0.3) is 0 Å². The predicted molar refractivity (Wildman–Crippen MR) is 98.1 cm³/mol. The monoisotopic (exact) mass is 368 g/mol. The van der Waals surface area contributed by atoms with Crippen LogP contribution in [0.2, 0.25) is 0 Å². The summed E-state index contributed by atoms with van der Waals surface area (Å²) in [6, 6.07) is 3.65. The molecule has 27 heavy (non-hydrogen) atoms. The van der Waals surface area contributed by atoms with E-state index < -0.39 is 5.56 Å². The summed E-state index contributed by atoms with van der Waals surface area (Å²) in [5.41, 5.74) is 0.334. The van der Waals surface area contributed by atoms with Crippen molar-refractivity contribution in [3.63, 3.8) is 0 Å². The highest BCUT2D eigenvalue weighted by molar-refractivity contribution is 5.95. The first-order valence-electron chi connectivity index (χ1n) is 9.65. The number of rotatable bonds is 2. The number of H-pyrrole nitrogens is 1. The highest BCUT2D eigenvalue weighted by Crippen LogP contribution is 2.42. The molecule has 1 N–H and O–H groups in total. The zero-order chi connectivity index (χ0) is 19.2. The number of carbonyl (C=O) groups is 2. The lowest BCUT2D eigenvalue weighted by Crippen LogP contribution is -2.55. The average Bonchev–Trinajstić information content (AvgIpc) is 3.49. The normalized spacial score (nSPS) is 25.6. The van der Waals surface area contributed by atoms with Gasteiger partial charge in [0, 0.05) is 43.2 Å². The summed E-state index contributed by atoms with van der Waals surface area (Å²) in [4.78, 5) is 43.6. The Bertz CT molecular complexity index is 895. The Hall–Kier alpha value is -2.62. The van der Waals surface area contributed by atoms with E-state index >= 15 is 0 Å². The molecule has 1 saturated carbocycles. The molecule has 1 atom stereocenters. The van der Waals surface area contributed by atoms with E-state index in [0.717, 1.165) is 38.6 Å². The van der Waals surface area contributed by atoms with E-state index in [1.807, 2.05) is 15.9 Å². The SMILES string of the molecule is Cc1[nH]c(=O)c(C#N)cc1C(=O)N1CCC[C@@]2(CCC(=O)N(C3CC3)C2)C1. The summed E-state index contributed by atoms with van der Waals surface area (Å²) in [6.45, 7) is 3.72. The van der Waals surface area contributed by atoms with Crippen LogP contribution in [-0.2, 0) is 4.79 Å². The van der Waals surface area contributed by atoms with E-state index in [1.54, 1.807) is 6.92 Å². The van der Waals surface area contributed by atoms with E-state index in [1.165, 1.54) is 6.07 Å². The van der Waals surface area contributed by atoms with Gasteiger partial charge in [-0.1, -0.05) is 0 Å². The summed E-state index contributed by atoms with van der Waals surface area (Å²) >= 11 is 0. The van der Waals surface area contributed by atoms with Crippen molar-refractivity contribution in [3.8, 4) is 6.07 Å². The van der Waals surface area contributed by atoms with Crippen LogP contribution < -0.4 is 5.56 Å². The van der Waals surface area contributed by atoms with Gasteiger partial charge in [-0.15, -0.1) is 0 Å². The Morgan fingerprint density at radius 3 is 2.78 bits per heavy atom. The molecule has 7 nitrogen and oxygen atoms in total. The second kappa shape index (κ2) is 6.52. The van der Waals surface area contributed by atoms with Gasteiger partial charge in [0.05, 0.1) is 5.56 Å². The molecule has 7 heteroatoms. The molecular formula is C20H24N4O3. The minimum Gasteiger partial charge on any atom is -0.339 e. The Kier molecular flexibility index (Phi) is 4.29. The van der Waals surface area contributed by atoms with Crippen LogP contribution in [-0.4, -0.2) is 52.3 Å². The van der Waals surface area contributed by atoms with Crippen molar-refractivity contribution in [1.82, 2.24) is 14.8 Å². The maximum absolute atomic E-state index is 13.1. The Morgan fingerprint density at radius 2 is 2.07 bits per heavy atom. The largest absolute Gasteiger partial charge is 0.339 e. The van der Waals surface area contributed by atoms with Crippen LogP contribution in [0.5, 0.6) is 0 Å². The number of aromatic nitrogens is 1. The molecular weight excluding hydrogens is 344 g/mol. The van der Waals surface area contributed by atoms with E-state index in [-0.39, 0.29) is 22.8 Å². The quantitative estimate of drug-likeness (QED) is 0.857. The van der Waals surface area contributed by atoms with Gasteiger partial charge in [0.2, 0.25) is 5.91 Å². The van der Waals surface area contributed by atoms with Crippen molar-refractivity contribution in [3.05, 3.63) is 33.2 Å². The third kappa shape index (κ3) is 3.25. The molecule has 142 valence electrons. The van der Waals surface area contributed by atoms with Gasteiger partial charge in [-0.3, -0.25) is 14.4 Å². The van der Waals surface area contributed by atoms with Gasteiger partial charge >= 0.3 is 0 Å². The van der Waals surface area contributed by atoms with Crippen molar-refractivity contribution in [2.24, 2.45) is 5.41 Å². The molecule has 1 aromatic heterocycles. The van der Waals surface area contributed by atoms with E-state index in [0.29, 0.717) is 36.8 Å². The molecule has 2 aliphatic heterocycles. The van der Waals surface area contributed by atoms with Crippen molar-refractivity contribution in [2.75, 3.05) is 19.6 Å². The molecule has 3 aliphatic rings. The first-order valence-corrected chi connectivity index (χ1v) is 9.65. The molecule has 4 rings (SSSR count). The van der Waals surface area contributed by atoms with Gasteiger partial charge in [0.15, 0.2) is 0 Å². The van der Waals surface area contributed by atoms with Crippen molar-refractivity contribution in [2.45, 2.75) is 51.5 Å². The molecule has 2 saturated heterocycles. The Morgan fingerprint density at radius 1 is 1.30 bits per heavy atom. The molecule has 0 bridgehead atoms. The zero-order valence-electron chi connectivity index (χ0n) is 15.6. The highest BCUT2D eigenvalue weighted by Gasteiger charge is 2.46. The molecule has 0 unspecified atom stereocenters. The Balaban J connectivity index is 1.56. The van der Waals surface area contributed by atoms with E-state index in [9.17, 15) is 14.4 Å². The number of piperidine rings is 2. The minimum atomic E-state index is -0.465. The first kappa shape index (κ1) is 17.8. The molecule has 1 aliphatic carbocycles. The predicted octanol–water partition coefficient (Wildman–Crippen LogP) is 1.56. The average molecular weight is 368 g/mol. The zero-order valence-corrected chi connectivity index (χ0v) is 15.6. The number of carbonyl (C=O) groups excluding carboxylic acids is 2. The summed E-state index contributed by atoms with van der Waals surface area (Å²) in [6.07, 6.45) is 5.52. The molecule has 3 fully saturated rings. The van der Waals surface area contributed by atoms with Crippen LogP contribution in [0, 0.1) is 23.7 Å². The number of nitrogens with one attached hydrogen (secondary N) is 1. The summed E-state index contributed by atoms with van der Waals surface area (Å²) in [5, 5.41) is 9.10. The summed E-state index contributed by atoms with van der Waals surface area (Å²) in [7, 11) is 0. The molecule has 0 aromatic carbocycles. The second-order valence-corrected chi connectivity index (χ2v) is 8.25. The number of hydrogen-bond acceptors (Lipinski definition) is 4. The lowest BCUT2D eigenvalue weighted by molar-refractivity contribution is -0.139. The van der Waals surface area contributed by atoms with Crippen LogP contribution in [0.15, 0.2) is 10.9 Å². The van der Waals surface area contributed by atoms with Crippen molar-refractivity contribution >= 4 is 11.8 Å². The lowest BCUT2D eigenvalue weighted by atomic mass is 9.73. The lowest BCUT2D eigenvalue weighted by Gasteiger charge is -2.48. The number of likely N-dealkylation sites (tertiary alicyclic amines) is 2. The van der Waals surface area contributed by atoms with Crippen LogP contribution >= 0.6 is 0 Å². The van der Waals surface area contributed by atoms with Crippen molar-refractivity contribution < 1.29 is 9.59 Å². The summed E-state index contributed by atoms with van der Waals surface area (Å²) in [5.74, 6) is 0.107. The third-order valence-corrected chi connectivity index (χ3v) is 6.22. The minimum absolute atomic E-state index is 0.0292. The maximum atomic E-state index is 13.1. The van der Waals surface area contributed by atoms with Crippen LogP contribution in [0.4, 0.5) is 0 Å². The number of nitriles is 1. The topological polar surface area (TPSA) is 97.3 Å². The number of aromatic amines is 1. The van der Waals surface area contributed by atoms with Gasteiger partial charge in [-0.25, -0.2) is 0 Å². The van der Waals surface area contributed by atoms with Gasteiger partial charge in [-0.05, 0) is 45.1 Å². The standard InChI is InChI=1S/C20H24N4O3/c1-13-16(9-14(10-21)18(26)22-13)19(27)23-8-2-6-20(11-23)7-5-17(25)24(12-20)15-3-4-15/h9,15H,2-8,11-12H2,1H3,(H,22,26)/t20-/m1/s1. The van der Waals surface area contributed by atoms with Crippen molar-refractivity contribution in [1.29, 1.82) is 5.26 Å². The summed E-state index contributed by atoms with van der Waals surface area (Å²) < 4.78 is 0. The molecule has 1 aromatic rings. The molecule has 2 amide bonds. The third-order valence-electron chi connectivity index (χ3n) is 6.22. The second-order valence-electron chi connectivity index (χ2n) is 8.25. The number of pyridine rings is 1. The smallest absolute Gasteiger partial charge is 0.266 e. The molecule has 3 heterocycles. The number of hydrogen-bond donors (Lipinski definition) is 1. The number of aryl methyl sites for hydroxylation is 1. The molecule has 0 radical (unpaired) electrons. The van der Waals surface area contributed by atoms with Crippen LogP contribution in [0.3, 0.4) is 0 Å². The number of amides is 2. The van der Waals surface area contributed by atoms with Gasteiger partial charge in [-0.2, -0.15) is 5.26 Å². The molecule has 1 spiro atoms. The first-order chi connectivity index (χ1) is 12.9. The van der Waals surface area contributed by atoms with E-state index in [4.69, 9.17) is 5.26 Å². The Labute approximate surface area is 158 Å². The van der Waals surface area contributed by atoms with Gasteiger partial charge in [0.1, 0.15) is 11.6 Å². The fourth-order valence-corrected chi connectivity index (χ4v) is 4.58.